The van der Waals surface area contributed by atoms with E-state index in [0.29, 0.717) is 0 Å². The van der Waals surface area contributed by atoms with Crippen LogP contribution in [0.3, 0.4) is 0 Å². The van der Waals surface area contributed by atoms with Gasteiger partial charge in [0.2, 0.25) is 0 Å². The lowest BCUT2D eigenvalue weighted by Gasteiger charge is -2.19. The van der Waals surface area contributed by atoms with Crippen LogP contribution in [0.25, 0.3) is 0 Å². The molecule has 4 heteroatoms. The first kappa shape index (κ1) is 14.9. The topological polar surface area (TPSA) is 30.5 Å². The number of benzene rings is 1. The van der Waals surface area contributed by atoms with E-state index in [1.54, 1.807) is 13.2 Å². The lowest BCUT2D eigenvalue weighted by Crippen LogP contribution is -2.18. The van der Waals surface area contributed by atoms with E-state index in [2.05, 4.69) is 5.32 Å². The van der Waals surface area contributed by atoms with Crippen LogP contribution < -0.4 is 10.1 Å². The highest BCUT2D eigenvalue weighted by Crippen LogP contribution is 2.24. The quantitative estimate of drug-likeness (QED) is 0.812. The van der Waals surface area contributed by atoms with Gasteiger partial charge in [-0.15, -0.1) is 0 Å². The number of methoxy groups -OCH3 is 2. The molecule has 1 N–H and O–H groups in total. The van der Waals surface area contributed by atoms with Crippen molar-refractivity contribution in [3.8, 4) is 5.75 Å². The van der Waals surface area contributed by atoms with Crippen LogP contribution >= 0.6 is 0 Å². The summed E-state index contributed by atoms with van der Waals surface area (Å²) in [7, 11) is 5.05. The van der Waals surface area contributed by atoms with Crippen molar-refractivity contribution in [3.63, 3.8) is 0 Å². The smallest absolute Gasteiger partial charge is 0.165 e. The number of nitrogens with one attached hydrogen (secondary N) is 1. The third-order valence-electron chi connectivity index (χ3n) is 3.19. The fourth-order valence-electron chi connectivity index (χ4n) is 1.90. The number of hydrogen-bond acceptors (Lipinski definition) is 3. The van der Waals surface area contributed by atoms with Crippen LogP contribution in [0, 0.1) is 5.82 Å². The first-order chi connectivity index (χ1) is 8.62. The lowest BCUT2D eigenvalue weighted by molar-refractivity contribution is 0.106. The zero-order chi connectivity index (χ0) is 13.5. The highest BCUT2D eigenvalue weighted by atomic mass is 19.1. The van der Waals surface area contributed by atoms with Crippen molar-refractivity contribution in [2.24, 2.45) is 0 Å². The molecule has 0 radical (unpaired) electrons. The Balaban J connectivity index is 2.72. The van der Waals surface area contributed by atoms with E-state index in [1.165, 1.54) is 13.2 Å². The summed E-state index contributed by atoms with van der Waals surface area (Å²) in [6, 6.07) is 5.20. The molecule has 0 aliphatic rings. The van der Waals surface area contributed by atoms with E-state index in [9.17, 15) is 4.39 Å². The van der Waals surface area contributed by atoms with Crippen molar-refractivity contribution in [3.05, 3.63) is 29.6 Å². The Morgan fingerprint density at radius 2 is 2.00 bits per heavy atom. The second kappa shape index (κ2) is 7.34. The summed E-state index contributed by atoms with van der Waals surface area (Å²) in [6.45, 7) is 2.03. The third-order valence-corrected chi connectivity index (χ3v) is 3.19. The summed E-state index contributed by atoms with van der Waals surface area (Å²) in [4.78, 5) is 0. The molecular formula is C14H22FNO2. The Kier molecular flexibility index (Phi) is 6.09. The third kappa shape index (κ3) is 3.96. The van der Waals surface area contributed by atoms with Gasteiger partial charge >= 0.3 is 0 Å². The molecule has 1 aromatic carbocycles. The average molecular weight is 255 g/mol. The molecule has 0 aromatic heterocycles. The second-order valence-electron chi connectivity index (χ2n) is 4.36. The van der Waals surface area contributed by atoms with Crippen molar-refractivity contribution in [1.29, 1.82) is 0 Å². The van der Waals surface area contributed by atoms with Gasteiger partial charge in [-0.3, -0.25) is 0 Å². The predicted octanol–water partition coefficient (Wildman–Crippen LogP) is 2.91. The highest BCUT2D eigenvalue weighted by Gasteiger charge is 2.13. The van der Waals surface area contributed by atoms with Gasteiger partial charge in [0, 0.05) is 13.2 Å². The van der Waals surface area contributed by atoms with Crippen molar-refractivity contribution in [2.45, 2.75) is 31.9 Å². The number of halogens is 1. The molecule has 0 bridgehead atoms. The minimum atomic E-state index is -0.324. The fraction of sp³-hybridized carbons (Fsp3) is 0.571. The minimum Gasteiger partial charge on any atom is -0.494 e. The largest absolute Gasteiger partial charge is 0.494 e. The molecule has 2 atom stereocenters. The Morgan fingerprint density at radius 1 is 1.28 bits per heavy atom. The molecule has 0 spiro atoms. The Labute approximate surface area is 108 Å². The van der Waals surface area contributed by atoms with Crippen molar-refractivity contribution in [2.75, 3.05) is 21.3 Å². The summed E-state index contributed by atoms with van der Waals surface area (Å²) in [6.07, 6.45) is 2.04. The molecule has 0 saturated heterocycles. The summed E-state index contributed by atoms with van der Waals surface area (Å²) < 4.78 is 23.8. The van der Waals surface area contributed by atoms with E-state index in [-0.39, 0.29) is 23.7 Å². The molecule has 3 nitrogen and oxygen atoms in total. The van der Waals surface area contributed by atoms with Crippen molar-refractivity contribution in [1.82, 2.24) is 5.32 Å². The molecule has 0 fully saturated rings. The molecule has 1 rings (SSSR count). The first-order valence-electron chi connectivity index (χ1n) is 6.15. The van der Waals surface area contributed by atoms with Crippen LogP contribution in [-0.4, -0.2) is 27.4 Å². The van der Waals surface area contributed by atoms with Gasteiger partial charge < -0.3 is 14.8 Å². The molecule has 0 saturated carbocycles. The summed E-state index contributed by atoms with van der Waals surface area (Å²) in [5.41, 5.74) is 0.930. The Morgan fingerprint density at radius 3 is 2.50 bits per heavy atom. The molecule has 1 aromatic rings. The number of ether oxygens (including phenoxy) is 2. The van der Waals surface area contributed by atoms with Crippen LogP contribution in [0.4, 0.5) is 4.39 Å². The Bertz CT molecular complexity index is 371. The van der Waals surface area contributed by atoms with Gasteiger partial charge in [0.1, 0.15) is 0 Å². The summed E-state index contributed by atoms with van der Waals surface area (Å²) >= 11 is 0. The maximum absolute atomic E-state index is 13.6. The molecular weight excluding hydrogens is 233 g/mol. The molecule has 18 heavy (non-hydrogen) atoms. The van der Waals surface area contributed by atoms with Gasteiger partial charge in [0.15, 0.2) is 11.6 Å². The standard InChI is InChI=1S/C14H22FNO2/c1-10(17-3)5-7-13(16-2)11-6-8-14(18-4)12(15)9-11/h6,8-10,13,16H,5,7H2,1-4H3. The minimum absolute atomic E-state index is 0.128. The van der Waals surface area contributed by atoms with Crippen LogP contribution in [0.15, 0.2) is 18.2 Å². The summed E-state index contributed by atoms with van der Waals surface area (Å²) in [5, 5.41) is 3.20. The molecule has 0 heterocycles. The average Bonchev–Trinajstić information content (AvgIpc) is 2.39. The zero-order valence-corrected chi connectivity index (χ0v) is 11.5. The van der Waals surface area contributed by atoms with E-state index in [4.69, 9.17) is 9.47 Å². The fourth-order valence-corrected chi connectivity index (χ4v) is 1.90. The SMILES string of the molecule is CNC(CCC(C)OC)c1ccc(OC)c(F)c1. The van der Waals surface area contributed by atoms with Crippen LogP contribution in [-0.2, 0) is 4.74 Å². The molecule has 0 aliphatic heterocycles. The van der Waals surface area contributed by atoms with Crippen LogP contribution in [0.1, 0.15) is 31.4 Å². The van der Waals surface area contributed by atoms with E-state index in [1.807, 2.05) is 20.0 Å². The maximum atomic E-state index is 13.6. The number of hydrogen-bond donors (Lipinski definition) is 1. The molecule has 102 valence electrons. The van der Waals surface area contributed by atoms with Gasteiger partial charge in [0.05, 0.1) is 13.2 Å². The summed E-state index contributed by atoms with van der Waals surface area (Å²) in [5.74, 6) is -0.0473. The Hall–Kier alpha value is -1.13. The van der Waals surface area contributed by atoms with Gasteiger partial charge in [-0.05, 0) is 44.5 Å². The normalized spacial score (nSPS) is 14.3. The zero-order valence-electron chi connectivity index (χ0n) is 11.5. The van der Waals surface area contributed by atoms with E-state index < -0.39 is 0 Å². The second-order valence-corrected chi connectivity index (χ2v) is 4.36. The lowest BCUT2D eigenvalue weighted by atomic mass is 10.0. The monoisotopic (exact) mass is 255 g/mol. The van der Waals surface area contributed by atoms with Gasteiger partial charge in [-0.1, -0.05) is 6.07 Å². The van der Waals surface area contributed by atoms with Crippen molar-refractivity contribution >= 4 is 0 Å². The van der Waals surface area contributed by atoms with E-state index >= 15 is 0 Å². The molecule has 2 unspecified atom stereocenters. The predicted molar refractivity (Wildman–Crippen MR) is 70.5 cm³/mol. The van der Waals surface area contributed by atoms with Crippen LogP contribution in [0.2, 0.25) is 0 Å². The highest BCUT2D eigenvalue weighted by molar-refractivity contribution is 5.31. The van der Waals surface area contributed by atoms with Crippen LogP contribution in [0.5, 0.6) is 5.75 Å². The molecule has 0 amide bonds. The maximum Gasteiger partial charge on any atom is 0.165 e. The molecule has 0 aliphatic carbocycles. The van der Waals surface area contributed by atoms with Gasteiger partial charge in [0.25, 0.3) is 0 Å². The van der Waals surface area contributed by atoms with Crippen molar-refractivity contribution < 1.29 is 13.9 Å². The number of rotatable bonds is 7. The van der Waals surface area contributed by atoms with Gasteiger partial charge in [-0.2, -0.15) is 0 Å². The van der Waals surface area contributed by atoms with Gasteiger partial charge in [-0.25, -0.2) is 4.39 Å². The van der Waals surface area contributed by atoms with E-state index in [0.717, 1.165) is 18.4 Å². The first-order valence-corrected chi connectivity index (χ1v) is 6.15.